The standard InChI is InChI=1S/C36H36F3I2N9O3/c37-32(38)25-17-21(18-26(30(25)42)36(39,40)41)19-28(33(51)48-15-13-47(14-16-48)22-5-9-43-10-6-22)45-34(52)49-11-7-23(8-12-49)50-29-20-44-27-4-2-1-3-24(27)31(29)46-35(50)53/h1-6,9-10,17-18,20,23,28,32H,7-8,11-16,19,42H2,(H,45,52)(H,46,53)/t28-/m1/s1. The molecular weight excluding hydrogens is 917 g/mol. The smallest absolute Gasteiger partial charge is 0.326 e. The van der Waals surface area contributed by atoms with Gasteiger partial charge in [0.2, 0.25) is 7.59 Å². The molecule has 2 fully saturated rings. The van der Waals surface area contributed by atoms with Crippen LogP contribution in [0, 0.1) is 0 Å². The van der Waals surface area contributed by atoms with Crippen LogP contribution in [-0.4, -0.2) is 86.6 Å². The van der Waals surface area contributed by atoms with Crippen molar-refractivity contribution in [3.63, 3.8) is 0 Å². The zero-order chi connectivity index (χ0) is 37.4. The van der Waals surface area contributed by atoms with E-state index in [9.17, 15) is 23.2 Å². The topological polar surface area (TPSA) is 145 Å². The summed E-state index contributed by atoms with van der Waals surface area (Å²) >= 11 is 2.97. The molecule has 0 spiro atoms. The normalized spacial score (nSPS) is 16.5. The molecule has 278 valence electrons. The maximum atomic E-state index is 15.2. The maximum absolute atomic E-state index is 15.2. The van der Waals surface area contributed by atoms with Crippen LogP contribution >= 0.6 is 45.2 Å². The minimum Gasteiger partial charge on any atom is -0.398 e. The summed E-state index contributed by atoms with van der Waals surface area (Å²) < 4.78 is 43.0. The Labute approximate surface area is 329 Å². The lowest BCUT2D eigenvalue weighted by atomic mass is 9.97. The zero-order valence-corrected chi connectivity index (χ0v) is 32.6. The average Bonchev–Trinajstić information content (AvgIpc) is 3.50. The van der Waals surface area contributed by atoms with Crippen LogP contribution in [0.5, 0.6) is 0 Å². The van der Waals surface area contributed by atoms with Crippen LogP contribution in [0.1, 0.15) is 42.0 Å². The number of nitrogens with zero attached hydrogens (tertiary/aromatic N) is 6. The molecular formula is C36H36F3I2N9O3. The van der Waals surface area contributed by atoms with E-state index in [1.807, 2.05) is 36.4 Å². The minimum atomic E-state index is -2.98. The lowest BCUT2D eigenvalue weighted by Crippen LogP contribution is -2.57. The number of imidazole rings is 1. The second kappa shape index (κ2) is 15.3. The Balaban J connectivity index is 1.10. The summed E-state index contributed by atoms with van der Waals surface area (Å²) in [5.41, 5.74) is 8.09. The van der Waals surface area contributed by atoms with Gasteiger partial charge in [-0.3, -0.25) is 19.3 Å². The van der Waals surface area contributed by atoms with Crippen molar-refractivity contribution in [2.45, 2.75) is 39.5 Å². The molecule has 5 aromatic rings. The van der Waals surface area contributed by atoms with E-state index in [0.29, 0.717) is 63.1 Å². The molecule has 17 heteroatoms. The molecule has 0 bridgehead atoms. The molecule has 12 nitrogen and oxygen atoms in total. The number of carbonyl (C=O) groups is 2. The third kappa shape index (κ3) is 7.76. The number of amides is 3. The van der Waals surface area contributed by atoms with E-state index in [0.717, 1.165) is 16.6 Å². The molecule has 2 aromatic carbocycles. The summed E-state index contributed by atoms with van der Waals surface area (Å²) in [5, 5.41) is 3.72. The fourth-order valence-electron chi connectivity index (χ4n) is 7.32. The predicted molar refractivity (Wildman–Crippen MR) is 213 cm³/mol. The van der Waals surface area contributed by atoms with Crippen LogP contribution in [0.3, 0.4) is 0 Å². The Bertz CT molecular complexity index is 2200. The van der Waals surface area contributed by atoms with E-state index in [1.165, 1.54) is 57.3 Å². The lowest BCUT2D eigenvalue weighted by Gasteiger charge is -2.38. The SMILES string of the molecule is Nc1c(C(F)F)cc(C[C@@H](NC(=O)N2CCC(n3c(=O)[nH]c4c5ccccc5ncc43)CC2)C(=O)N2CCN(c3ccncc3)CC2)cc1C(F)(I)I. The van der Waals surface area contributed by atoms with Gasteiger partial charge in [0.05, 0.1) is 22.7 Å². The van der Waals surface area contributed by atoms with Gasteiger partial charge in [0.1, 0.15) is 6.04 Å². The first-order valence-corrected chi connectivity index (χ1v) is 19.3. The summed E-state index contributed by atoms with van der Waals surface area (Å²) in [4.78, 5) is 58.1. The number of rotatable bonds is 8. The van der Waals surface area contributed by atoms with E-state index in [4.69, 9.17) is 5.73 Å². The number of pyridine rings is 2. The molecule has 2 aliphatic rings. The van der Waals surface area contributed by atoms with E-state index in [1.54, 1.807) is 33.0 Å². The van der Waals surface area contributed by atoms with Crippen molar-refractivity contribution in [1.29, 1.82) is 0 Å². The third-order valence-electron chi connectivity index (χ3n) is 10.0. The molecule has 53 heavy (non-hydrogen) atoms. The third-order valence-corrected chi connectivity index (χ3v) is 11.2. The number of urea groups is 1. The summed E-state index contributed by atoms with van der Waals surface area (Å²) in [6.45, 7) is 2.42. The van der Waals surface area contributed by atoms with Crippen LogP contribution in [0.25, 0.3) is 21.9 Å². The Kier molecular flexibility index (Phi) is 10.7. The Hall–Kier alpha value is -4.14. The Morgan fingerprint density at radius 3 is 2.38 bits per heavy atom. The lowest BCUT2D eigenvalue weighted by molar-refractivity contribution is -0.133. The summed E-state index contributed by atoms with van der Waals surface area (Å²) in [6.07, 6.45) is 2.91. The molecule has 2 saturated heterocycles. The maximum Gasteiger partial charge on any atom is 0.326 e. The van der Waals surface area contributed by atoms with E-state index in [2.05, 4.69) is 25.2 Å². The fraction of sp³-hybridized carbons (Fsp3) is 0.361. The van der Waals surface area contributed by atoms with E-state index in [-0.39, 0.29) is 40.9 Å². The zero-order valence-electron chi connectivity index (χ0n) is 28.3. The number of carbonyl (C=O) groups excluding carboxylic acids is 2. The summed E-state index contributed by atoms with van der Waals surface area (Å²) in [7, 11) is 0. The number of halogens is 5. The number of nitrogens with two attached hydrogens (primary N) is 1. The fourth-order valence-corrected chi connectivity index (χ4v) is 8.21. The first-order chi connectivity index (χ1) is 25.4. The van der Waals surface area contributed by atoms with Gasteiger partial charge in [-0.05, 0) is 93.9 Å². The molecule has 0 saturated carbocycles. The largest absolute Gasteiger partial charge is 0.398 e. The van der Waals surface area contributed by atoms with Crippen LogP contribution in [0.2, 0.25) is 0 Å². The minimum absolute atomic E-state index is 0.132. The number of alkyl halides is 5. The number of nitrogens with one attached hydrogen (secondary N) is 2. The number of fused-ring (bicyclic) bond motifs is 3. The molecule has 0 aliphatic carbocycles. The van der Waals surface area contributed by atoms with Gasteiger partial charge >= 0.3 is 11.7 Å². The Morgan fingerprint density at radius 1 is 1.00 bits per heavy atom. The number of aromatic nitrogens is 4. The van der Waals surface area contributed by atoms with Gasteiger partial charge in [-0.1, -0.05) is 18.2 Å². The van der Waals surface area contributed by atoms with Crippen LogP contribution in [0.4, 0.5) is 29.3 Å². The summed E-state index contributed by atoms with van der Waals surface area (Å²) in [6, 6.07) is 12.1. The van der Waals surface area contributed by atoms with Gasteiger partial charge in [0, 0.05) is 92.0 Å². The number of piperazine rings is 1. The highest BCUT2D eigenvalue weighted by atomic mass is 127. The number of anilines is 2. The molecule has 1 atom stereocenters. The molecule has 2 aliphatic heterocycles. The van der Waals surface area contributed by atoms with Gasteiger partial charge in [0.15, 0.2) is 0 Å². The van der Waals surface area contributed by atoms with Crippen molar-refractivity contribution in [3.05, 3.63) is 94.3 Å². The van der Waals surface area contributed by atoms with Gasteiger partial charge in [-0.25, -0.2) is 22.8 Å². The highest BCUT2D eigenvalue weighted by Gasteiger charge is 2.35. The molecule has 0 unspecified atom stereocenters. The quantitative estimate of drug-likeness (QED) is 0.0977. The molecule has 0 radical (unpaired) electrons. The van der Waals surface area contributed by atoms with E-state index < -0.39 is 25.7 Å². The molecule has 5 heterocycles. The van der Waals surface area contributed by atoms with Gasteiger partial charge < -0.3 is 30.7 Å². The molecule has 3 amide bonds. The van der Waals surface area contributed by atoms with Crippen molar-refractivity contribution in [3.8, 4) is 0 Å². The van der Waals surface area contributed by atoms with Gasteiger partial charge in [-0.2, -0.15) is 0 Å². The second-order valence-corrected chi connectivity index (χ2v) is 18.3. The van der Waals surface area contributed by atoms with Gasteiger partial charge in [0.25, 0.3) is 6.43 Å². The molecule has 3 aromatic heterocycles. The van der Waals surface area contributed by atoms with Crippen molar-refractivity contribution >= 4 is 90.4 Å². The number of H-pyrrole nitrogens is 1. The number of benzene rings is 2. The van der Waals surface area contributed by atoms with Crippen molar-refractivity contribution in [1.82, 2.24) is 34.6 Å². The number of likely N-dealkylation sites (tertiary alicyclic amines) is 1. The van der Waals surface area contributed by atoms with Crippen molar-refractivity contribution < 1.29 is 22.8 Å². The first-order valence-electron chi connectivity index (χ1n) is 17.1. The predicted octanol–water partition coefficient (Wildman–Crippen LogP) is 6.05. The first kappa shape index (κ1) is 37.2. The van der Waals surface area contributed by atoms with Crippen LogP contribution in [-0.2, 0) is 12.9 Å². The highest BCUT2D eigenvalue weighted by molar-refractivity contribution is 14.2. The number of aromatic amines is 1. The number of piperidine rings is 1. The van der Waals surface area contributed by atoms with Crippen LogP contribution in [0.15, 0.2) is 71.9 Å². The Morgan fingerprint density at radius 2 is 1.70 bits per heavy atom. The van der Waals surface area contributed by atoms with E-state index >= 15 is 4.39 Å². The van der Waals surface area contributed by atoms with Gasteiger partial charge in [-0.15, -0.1) is 0 Å². The molecule has 7 rings (SSSR count). The number of para-hydroxylation sites is 1. The van der Waals surface area contributed by atoms with Crippen LogP contribution < -0.4 is 21.6 Å². The highest BCUT2D eigenvalue weighted by Crippen LogP contribution is 2.46. The molecule has 4 N–H and O–H groups in total. The second-order valence-electron chi connectivity index (χ2n) is 13.2. The number of nitrogen functional groups attached to an aromatic ring is 1. The summed E-state index contributed by atoms with van der Waals surface area (Å²) in [5.74, 6) is -0.375. The number of hydrogen-bond donors (Lipinski definition) is 3. The van der Waals surface area contributed by atoms with Crippen molar-refractivity contribution in [2.75, 3.05) is 49.9 Å². The monoisotopic (exact) mass is 953 g/mol. The van der Waals surface area contributed by atoms with Crippen molar-refractivity contribution in [2.24, 2.45) is 0 Å². The number of hydrogen-bond acceptors (Lipinski definition) is 7. The average molecular weight is 954 g/mol.